The van der Waals surface area contributed by atoms with Gasteiger partial charge in [0.1, 0.15) is 10.6 Å². The molecular weight excluding hydrogens is 335 g/mol. The van der Waals surface area contributed by atoms with Crippen LogP contribution in [0.3, 0.4) is 0 Å². The normalized spacial score (nSPS) is 11.2. The molecule has 5 nitrogen and oxygen atoms in total. The minimum Gasteiger partial charge on any atom is -0.495 e. The van der Waals surface area contributed by atoms with E-state index in [-0.39, 0.29) is 21.4 Å². The van der Waals surface area contributed by atoms with Crippen molar-refractivity contribution in [3.8, 4) is 5.75 Å². The summed E-state index contributed by atoms with van der Waals surface area (Å²) in [4.78, 5) is -0.0592. The van der Waals surface area contributed by atoms with Gasteiger partial charge < -0.3 is 10.5 Å². The highest BCUT2D eigenvalue weighted by molar-refractivity contribution is 7.92. The summed E-state index contributed by atoms with van der Waals surface area (Å²) in [5, 5.41) is 0.581. The van der Waals surface area contributed by atoms with Crippen molar-refractivity contribution in [2.45, 2.75) is 4.90 Å². The number of benzene rings is 2. The standard InChI is InChI=1S/C13H12Cl2N2O3S/c1-20-12-5-2-8(16)6-13(12)21(18,19)17-9-3-4-10(14)11(15)7-9/h2-7,17H,16H2,1H3. The van der Waals surface area contributed by atoms with Crippen LogP contribution in [0.2, 0.25) is 10.0 Å². The number of rotatable bonds is 4. The highest BCUT2D eigenvalue weighted by Gasteiger charge is 2.20. The van der Waals surface area contributed by atoms with Gasteiger partial charge in [-0.25, -0.2) is 8.42 Å². The van der Waals surface area contributed by atoms with E-state index in [0.29, 0.717) is 10.7 Å². The predicted molar refractivity (Wildman–Crippen MR) is 84.7 cm³/mol. The number of nitrogen functional groups attached to an aromatic ring is 1. The zero-order chi connectivity index (χ0) is 15.6. The van der Waals surface area contributed by atoms with Gasteiger partial charge in [0.25, 0.3) is 10.0 Å². The van der Waals surface area contributed by atoms with Crippen molar-refractivity contribution in [2.75, 3.05) is 17.6 Å². The van der Waals surface area contributed by atoms with Crippen LogP contribution in [-0.2, 0) is 10.0 Å². The molecule has 2 rings (SSSR count). The van der Waals surface area contributed by atoms with E-state index < -0.39 is 10.0 Å². The smallest absolute Gasteiger partial charge is 0.265 e. The van der Waals surface area contributed by atoms with Crippen molar-refractivity contribution in [1.29, 1.82) is 0 Å². The van der Waals surface area contributed by atoms with Crippen molar-refractivity contribution in [1.82, 2.24) is 0 Å². The molecule has 2 aromatic carbocycles. The SMILES string of the molecule is COc1ccc(N)cc1S(=O)(=O)Nc1ccc(Cl)c(Cl)c1. The van der Waals surface area contributed by atoms with Crippen LogP contribution in [0.25, 0.3) is 0 Å². The first-order chi connectivity index (χ1) is 9.83. The number of anilines is 2. The van der Waals surface area contributed by atoms with E-state index in [1.54, 1.807) is 6.07 Å². The van der Waals surface area contributed by atoms with Gasteiger partial charge in [0, 0.05) is 5.69 Å². The van der Waals surface area contributed by atoms with Gasteiger partial charge in [-0.05, 0) is 36.4 Å². The number of halogens is 2. The molecule has 112 valence electrons. The fourth-order valence-electron chi connectivity index (χ4n) is 1.67. The molecule has 0 atom stereocenters. The topological polar surface area (TPSA) is 81.4 Å². The summed E-state index contributed by atoms with van der Waals surface area (Å²) in [5.41, 5.74) is 6.23. The maximum absolute atomic E-state index is 12.4. The molecule has 0 saturated heterocycles. The van der Waals surface area contributed by atoms with Gasteiger partial charge in [-0.3, -0.25) is 4.72 Å². The Morgan fingerprint density at radius 2 is 1.81 bits per heavy atom. The monoisotopic (exact) mass is 346 g/mol. The lowest BCUT2D eigenvalue weighted by atomic mass is 10.3. The summed E-state index contributed by atoms with van der Waals surface area (Å²) < 4.78 is 32.3. The Bertz CT molecular complexity index is 779. The molecule has 0 bridgehead atoms. The Morgan fingerprint density at radius 3 is 2.43 bits per heavy atom. The Labute approximate surface area is 132 Å². The van der Waals surface area contributed by atoms with Gasteiger partial charge in [0.15, 0.2) is 0 Å². The van der Waals surface area contributed by atoms with E-state index in [1.165, 1.54) is 37.4 Å². The average molecular weight is 347 g/mol. The molecule has 0 aliphatic heterocycles. The third-order valence-corrected chi connectivity index (χ3v) is 4.79. The fourth-order valence-corrected chi connectivity index (χ4v) is 3.23. The van der Waals surface area contributed by atoms with Crippen LogP contribution >= 0.6 is 23.2 Å². The number of hydrogen-bond donors (Lipinski definition) is 2. The van der Waals surface area contributed by atoms with Gasteiger partial charge in [0.05, 0.1) is 22.8 Å². The van der Waals surface area contributed by atoms with Gasteiger partial charge in [-0.15, -0.1) is 0 Å². The molecule has 0 saturated carbocycles. The second kappa shape index (κ2) is 6.01. The first kappa shape index (κ1) is 15.8. The maximum Gasteiger partial charge on any atom is 0.265 e. The van der Waals surface area contributed by atoms with Crippen LogP contribution in [0.15, 0.2) is 41.3 Å². The lowest BCUT2D eigenvalue weighted by molar-refractivity contribution is 0.403. The Hall–Kier alpha value is -1.63. The van der Waals surface area contributed by atoms with Gasteiger partial charge in [-0.1, -0.05) is 23.2 Å². The summed E-state index contributed by atoms with van der Waals surface area (Å²) >= 11 is 11.7. The number of nitrogens with two attached hydrogens (primary N) is 1. The minimum absolute atomic E-state index is 0.0592. The van der Waals surface area contributed by atoms with E-state index in [9.17, 15) is 8.42 Å². The van der Waals surface area contributed by atoms with Crippen molar-refractivity contribution >= 4 is 44.6 Å². The minimum atomic E-state index is -3.86. The Kier molecular flexibility index (Phi) is 4.51. The molecule has 0 aliphatic carbocycles. The Morgan fingerprint density at radius 1 is 1.10 bits per heavy atom. The van der Waals surface area contributed by atoms with Crippen LogP contribution in [0, 0.1) is 0 Å². The molecule has 2 aromatic rings. The zero-order valence-corrected chi connectivity index (χ0v) is 13.3. The highest BCUT2D eigenvalue weighted by Crippen LogP contribution is 2.30. The van der Waals surface area contributed by atoms with E-state index >= 15 is 0 Å². The molecule has 0 radical (unpaired) electrons. The molecule has 0 amide bonds. The van der Waals surface area contributed by atoms with Crippen LogP contribution in [-0.4, -0.2) is 15.5 Å². The number of ether oxygens (including phenoxy) is 1. The number of methoxy groups -OCH3 is 1. The zero-order valence-electron chi connectivity index (χ0n) is 10.9. The molecule has 0 unspecified atom stereocenters. The van der Waals surface area contributed by atoms with Crippen LogP contribution in [0.5, 0.6) is 5.75 Å². The van der Waals surface area contributed by atoms with Crippen LogP contribution < -0.4 is 15.2 Å². The van der Waals surface area contributed by atoms with Gasteiger partial charge in [0.2, 0.25) is 0 Å². The first-order valence-corrected chi connectivity index (χ1v) is 7.99. The third-order valence-electron chi connectivity index (χ3n) is 2.65. The van der Waals surface area contributed by atoms with Crippen LogP contribution in [0.4, 0.5) is 11.4 Å². The summed E-state index contributed by atoms with van der Waals surface area (Å²) in [7, 11) is -2.49. The number of nitrogens with one attached hydrogen (secondary N) is 1. The van der Waals surface area contributed by atoms with Gasteiger partial charge in [-0.2, -0.15) is 0 Å². The molecule has 0 heterocycles. The summed E-state index contributed by atoms with van der Waals surface area (Å²) in [6, 6.07) is 8.78. The molecule has 21 heavy (non-hydrogen) atoms. The average Bonchev–Trinajstić information content (AvgIpc) is 2.42. The quantitative estimate of drug-likeness (QED) is 0.831. The van der Waals surface area contributed by atoms with Crippen molar-refractivity contribution < 1.29 is 13.2 Å². The molecule has 3 N–H and O–H groups in total. The third kappa shape index (κ3) is 3.53. The fraction of sp³-hybridized carbons (Fsp3) is 0.0769. The van der Waals surface area contributed by atoms with E-state index in [2.05, 4.69) is 4.72 Å². The molecule has 8 heteroatoms. The van der Waals surface area contributed by atoms with Crippen molar-refractivity contribution in [2.24, 2.45) is 0 Å². The highest BCUT2D eigenvalue weighted by atomic mass is 35.5. The summed E-state index contributed by atoms with van der Waals surface area (Å²) in [6.45, 7) is 0. The van der Waals surface area contributed by atoms with Crippen molar-refractivity contribution in [3.05, 3.63) is 46.4 Å². The summed E-state index contributed by atoms with van der Waals surface area (Å²) in [5.74, 6) is 0.191. The molecule has 0 fully saturated rings. The van der Waals surface area contributed by atoms with Gasteiger partial charge >= 0.3 is 0 Å². The van der Waals surface area contributed by atoms with Crippen molar-refractivity contribution in [3.63, 3.8) is 0 Å². The number of sulfonamides is 1. The molecule has 0 aromatic heterocycles. The largest absolute Gasteiger partial charge is 0.495 e. The molecule has 0 aliphatic rings. The summed E-state index contributed by atoms with van der Waals surface area (Å²) in [6.07, 6.45) is 0. The number of hydrogen-bond acceptors (Lipinski definition) is 4. The maximum atomic E-state index is 12.4. The second-order valence-electron chi connectivity index (χ2n) is 4.14. The first-order valence-electron chi connectivity index (χ1n) is 5.75. The molecular formula is C13H12Cl2N2O3S. The Balaban J connectivity index is 2.42. The van der Waals surface area contributed by atoms with E-state index in [4.69, 9.17) is 33.7 Å². The second-order valence-corrected chi connectivity index (χ2v) is 6.61. The molecule has 0 spiro atoms. The lowest BCUT2D eigenvalue weighted by Crippen LogP contribution is -2.14. The predicted octanol–water partition coefficient (Wildman–Crippen LogP) is 3.39. The van der Waals surface area contributed by atoms with E-state index in [1.807, 2.05) is 0 Å². The van der Waals surface area contributed by atoms with E-state index in [0.717, 1.165) is 0 Å². The van der Waals surface area contributed by atoms with Crippen LogP contribution in [0.1, 0.15) is 0 Å². The lowest BCUT2D eigenvalue weighted by Gasteiger charge is -2.12.